The van der Waals surface area contributed by atoms with E-state index in [9.17, 15) is 14.4 Å². The molecule has 0 saturated carbocycles. The fourth-order valence-corrected chi connectivity index (χ4v) is 3.45. The number of ether oxygens (including phenoxy) is 1. The Bertz CT molecular complexity index is 1100. The van der Waals surface area contributed by atoms with Gasteiger partial charge < -0.3 is 20.7 Å². The minimum atomic E-state index is -0.560. The van der Waals surface area contributed by atoms with Gasteiger partial charge in [0.1, 0.15) is 5.75 Å². The molecule has 1 atom stereocenters. The van der Waals surface area contributed by atoms with E-state index in [1.807, 2.05) is 5.38 Å². The van der Waals surface area contributed by atoms with Gasteiger partial charge in [-0.05, 0) is 54.8 Å². The monoisotopic (exact) mass is 407 g/mol. The number of anilines is 3. The van der Waals surface area contributed by atoms with Crippen molar-refractivity contribution in [3.8, 4) is 5.75 Å². The van der Waals surface area contributed by atoms with Crippen LogP contribution in [0.2, 0.25) is 0 Å². The van der Waals surface area contributed by atoms with Crippen LogP contribution in [0, 0.1) is 0 Å². The lowest BCUT2D eigenvalue weighted by molar-refractivity contribution is -0.122. The Hall–Kier alpha value is -3.65. The molecule has 0 radical (unpaired) electrons. The van der Waals surface area contributed by atoms with Crippen molar-refractivity contribution in [1.82, 2.24) is 0 Å². The first-order valence-electron chi connectivity index (χ1n) is 8.87. The molecule has 0 bridgehead atoms. The van der Waals surface area contributed by atoms with E-state index in [0.717, 1.165) is 0 Å². The number of nitrogens with one attached hydrogen (secondary N) is 3. The number of hydrogen-bond acceptors (Lipinski definition) is 5. The van der Waals surface area contributed by atoms with Crippen molar-refractivity contribution in [2.24, 2.45) is 0 Å². The van der Waals surface area contributed by atoms with Gasteiger partial charge in [0.2, 0.25) is 0 Å². The third-order valence-corrected chi connectivity index (χ3v) is 5.16. The van der Waals surface area contributed by atoms with E-state index in [1.165, 1.54) is 11.3 Å². The van der Waals surface area contributed by atoms with E-state index in [-0.39, 0.29) is 17.7 Å². The van der Waals surface area contributed by atoms with Gasteiger partial charge in [-0.2, -0.15) is 0 Å². The number of carbonyl (C=O) groups excluding carboxylic acids is 3. The summed E-state index contributed by atoms with van der Waals surface area (Å²) in [5.41, 5.74) is 1.93. The molecular weight excluding hydrogens is 390 g/mol. The number of carbonyl (C=O) groups is 3. The smallest absolute Gasteiger partial charge is 0.265 e. The highest BCUT2D eigenvalue weighted by Gasteiger charge is 2.23. The maximum Gasteiger partial charge on any atom is 0.265 e. The predicted molar refractivity (Wildman–Crippen MR) is 112 cm³/mol. The molecule has 2 heterocycles. The maximum atomic E-state index is 12.6. The maximum absolute atomic E-state index is 12.6. The van der Waals surface area contributed by atoms with Crippen LogP contribution < -0.4 is 20.7 Å². The van der Waals surface area contributed by atoms with Gasteiger partial charge in [0.25, 0.3) is 17.7 Å². The highest BCUT2D eigenvalue weighted by molar-refractivity contribution is 7.12. The van der Waals surface area contributed by atoms with Crippen LogP contribution in [0.4, 0.5) is 17.1 Å². The van der Waals surface area contributed by atoms with Crippen LogP contribution in [0.1, 0.15) is 27.0 Å². The summed E-state index contributed by atoms with van der Waals surface area (Å²) in [6, 6.07) is 15.2. The van der Waals surface area contributed by atoms with Crippen LogP contribution in [0.5, 0.6) is 5.75 Å². The Morgan fingerprint density at radius 2 is 1.79 bits per heavy atom. The first kappa shape index (κ1) is 18.7. The summed E-state index contributed by atoms with van der Waals surface area (Å²) < 4.78 is 5.51. The van der Waals surface area contributed by atoms with Gasteiger partial charge in [0, 0.05) is 16.9 Å². The number of amides is 3. The molecule has 3 amide bonds. The largest absolute Gasteiger partial charge is 0.479 e. The molecule has 1 aromatic heterocycles. The second-order valence-corrected chi connectivity index (χ2v) is 7.37. The Morgan fingerprint density at radius 1 is 1.00 bits per heavy atom. The second kappa shape index (κ2) is 7.76. The number of thiophene rings is 1. The van der Waals surface area contributed by atoms with Crippen LogP contribution in [0.25, 0.3) is 0 Å². The summed E-state index contributed by atoms with van der Waals surface area (Å²) in [6.45, 7) is 1.66. The van der Waals surface area contributed by atoms with Crippen LogP contribution in [-0.4, -0.2) is 23.8 Å². The van der Waals surface area contributed by atoms with Gasteiger partial charge in [-0.15, -0.1) is 11.3 Å². The normalized spacial score (nSPS) is 14.9. The molecule has 7 nitrogen and oxygen atoms in total. The standard InChI is InChI=1S/C21H17N3O4S/c1-12-19(25)24-16-11-15(7-8-17(16)28-12)22-20(26)13-4-2-5-14(10-13)23-21(27)18-6-3-9-29-18/h2-12H,1H3,(H,22,26)(H,23,27)(H,24,25)/t12-/m0/s1. The van der Waals surface area contributed by atoms with E-state index in [1.54, 1.807) is 61.5 Å². The van der Waals surface area contributed by atoms with Crippen molar-refractivity contribution in [2.75, 3.05) is 16.0 Å². The Labute approximate surface area is 170 Å². The van der Waals surface area contributed by atoms with E-state index in [2.05, 4.69) is 16.0 Å². The van der Waals surface area contributed by atoms with Crippen LogP contribution in [0.15, 0.2) is 60.0 Å². The third kappa shape index (κ3) is 4.12. The van der Waals surface area contributed by atoms with Gasteiger partial charge in [-0.3, -0.25) is 14.4 Å². The van der Waals surface area contributed by atoms with Gasteiger partial charge >= 0.3 is 0 Å². The van der Waals surface area contributed by atoms with E-state index < -0.39 is 6.10 Å². The molecule has 0 fully saturated rings. The molecule has 2 aromatic carbocycles. The van der Waals surface area contributed by atoms with E-state index in [0.29, 0.717) is 33.3 Å². The molecule has 3 N–H and O–H groups in total. The average Bonchev–Trinajstić information content (AvgIpc) is 3.24. The fraction of sp³-hybridized carbons (Fsp3) is 0.0952. The van der Waals surface area contributed by atoms with Crippen molar-refractivity contribution < 1.29 is 19.1 Å². The van der Waals surface area contributed by atoms with Crippen molar-refractivity contribution in [2.45, 2.75) is 13.0 Å². The Morgan fingerprint density at radius 3 is 2.59 bits per heavy atom. The second-order valence-electron chi connectivity index (χ2n) is 6.43. The van der Waals surface area contributed by atoms with Gasteiger partial charge in [-0.1, -0.05) is 12.1 Å². The summed E-state index contributed by atoms with van der Waals surface area (Å²) in [4.78, 5) is 37.2. The van der Waals surface area contributed by atoms with Crippen LogP contribution >= 0.6 is 11.3 Å². The van der Waals surface area contributed by atoms with Gasteiger partial charge in [0.15, 0.2) is 6.10 Å². The summed E-state index contributed by atoms with van der Waals surface area (Å²) >= 11 is 1.34. The predicted octanol–water partition coefficient (Wildman–Crippen LogP) is 3.97. The van der Waals surface area contributed by atoms with Crippen molar-refractivity contribution in [1.29, 1.82) is 0 Å². The zero-order valence-corrected chi connectivity index (χ0v) is 16.2. The molecule has 146 valence electrons. The topological polar surface area (TPSA) is 96.5 Å². The molecule has 0 aliphatic carbocycles. The average molecular weight is 407 g/mol. The molecule has 1 aliphatic heterocycles. The molecule has 0 spiro atoms. The van der Waals surface area contributed by atoms with Crippen LogP contribution in [-0.2, 0) is 4.79 Å². The van der Waals surface area contributed by atoms with Crippen molar-refractivity contribution >= 4 is 46.1 Å². The molecule has 0 saturated heterocycles. The highest BCUT2D eigenvalue weighted by atomic mass is 32.1. The number of benzene rings is 2. The third-order valence-electron chi connectivity index (χ3n) is 4.30. The zero-order valence-electron chi connectivity index (χ0n) is 15.4. The molecule has 0 unspecified atom stereocenters. The number of hydrogen-bond donors (Lipinski definition) is 3. The minimum absolute atomic E-state index is 0.225. The number of fused-ring (bicyclic) bond motifs is 1. The first-order chi connectivity index (χ1) is 14.0. The van der Waals surface area contributed by atoms with Gasteiger partial charge in [0.05, 0.1) is 10.6 Å². The molecular formula is C21H17N3O4S. The Balaban J connectivity index is 1.47. The molecule has 29 heavy (non-hydrogen) atoms. The summed E-state index contributed by atoms with van der Waals surface area (Å²) in [5.74, 6) is -0.255. The molecule has 4 rings (SSSR count). The van der Waals surface area contributed by atoms with Crippen molar-refractivity contribution in [3.05, 3.63) is 70.4 Å². The van der Waals surface area contributed by atoms with E-state index >= 15 is 0 Å². The summed E-state index contributed by atoms with van der Waals surface area (Å²) in [5, 5.41) is 10.1. The molecule has 1 aliphatic rings. The molecule has 8 heteroatoms. The SMILES string of the molecule is C[C@@H]1Oc2ccc(NC(=O)c3cccc(NC(=O)c4cccs4)c3)cc2NC1=O. The Kier molecular flexibility index (Phi) is 5.01. The van der Waals surface area contributed by atoms with E-state index in [4.69, 9.17) is 4.74 Å². The lowest BCUT2D eigenvalue weighted by atomic mass is 10.1. The quantitative estimate of drug-likeness (QED) is 0.610. The lowest BCUT2D eigenvalue weighted by Gasteiger charge is -2.23. The van der Waals surface area contributed by atoms with Crippen LogP contribution in [0.3, 0.4) is 0 Å². The lowest BCUT2D eigenvalue weighted by Crippen LogP contribution is -2.34. The fourth-order valence-electron chi connectivity index (χ4n) is 2.83. The number of rotatable bonds is 4. The van der Waals surface area contributed by atoms with Gasteiger partial charge in [-0.25, -0.2) is 0 Å². The van der Waals surface area contributed by atoms with Crippen molar-refractivity contribution in [3.63, 3.8) is 0 Å². The highest BCUT2D eigenvalue weighted by Crippen LogP contribution is 2.32. The molecule has 3 aromatic rings. The summed E-state index contributed by atoms with van der Waals surface area (Å²) in [7, 11) is 0. The minimum Gasteiger partial charge on any atom is -0.479 e. The summed E-state index contributed by atoms with van der Waals surface area (Å²) in [6.07, 6.45) is -0.560. The first-order valence-corrected chi connectivity index (χ1v) is 9.75. The zero-order chi connectivity index (χ0) is 20.4.